The van der Waals surface area contributed by atoms with Crippen LogP contribution in [0.3, 0.4) is 0 Å². The first kappa shape index (κ1) is 21.0. The molecule has 2 N–H and O–H groups in total. The molecule has 0 aliphatic heterocycles. The van der Waals surface area contributed by atoms with Gasteiger partial charge in [-0.2, -0.15) is 5.26 Å². The Balaban J connectivity index is 1.88. The number of nitrogens with one attached hydrogen (secondary N) is 2. The Labute approximate surface area is 179 Å². The average molecular weight is 460 g/mol. The highest BCUT2D eigenvalue weighted by Gasteiger charge is 2.45. The minimum absolute atomic E-state index is 0.0696. The van der Waals surface area contributed by atoms with Crippen molar-refractivity contribution in [1.82, 2.24) is 10.6 Å². The molecule has 3 rings (SSSR count). The first-order valence-electron chi connectivity index (χ1n) is 9.62. The zero-order chi connectivity index (χ0) is 20.3. The van der Waals surface area contributed by atoms with E-state index in [1.165, 1.54) is 10.4 Å². The summed E-state index contributed by atoms with van der Waals surface area (Å²) in [6.07, 6.45) is 2.19. The highest BCUT2D eigenvalue weighted by molar-refractivity contribution is 9.10. The molecule has 0 saturated heterocycles. The van der Waals surface area contributed by atoms with Gasteiger partial charge in [-0.1, -0.05) is 41.9 Å². The Morgan fingerprint density at radius 1 is 1.29 bits per heavy atom. The number of carbonyl (C=O) groups is 1. The Hall–Kier alpha value is -1.68. The van der Waals surface area contributed by atoms with Crippen LogP contribution in [0, 0.1) is 24.2 Å². The Morgan fingerprint density at radius 2 is 1.96 bits per heavy atom. The first-order chi connectivity index (χ1) is 13.3. The molecule has 148 valence electrons. The third kappa shape index (κ3) is 5.02. The maximum Gasteiger partial charge on any atom is 0.238 e. The number of nitrogens with zero attached hydrogens (tertiary/aromatic N) is 1. The Bertz CT molecular complexity index is 865. The van der Waals surface area contributed by atoms with Crippen molar-refractivity contribution >= 4 is 33.2 Å². The van der Waals surface area contributed by atoms with E-state index in [2.05, 4.69) is 77.0 Å². The largest absolute Gasteiger partial charge is 0.336 e. The van der Waals surface area contributed by atoms with Crippen molar-refractivity contribution in [2.24, 2.45) is 5.92 Å². The van der Waals surface area contributed by atoms with E-state index in [-0.39, 0.29) is 18.0 Å². The predicted octanol–water partition coefficient (Wildman–Crippen LogP) is 5.09. The minimum Gasteiger partial charge on any atom is -0.336 e. The van der Waals surface area contributed by atoms with E-state index < -0.39 is 5.54 Å². The molecule has 1 aromatic carbocycles. The normalized spacial score (nSPS) is 17.0. The maximum absolute atomic E-state index is 13.0. The van der Waals surface area contributed by atoms with Gasteiger partial charge in [0.25, 0.3) is 0 Å². The van der Waals surface area contributed by atoms with Crippen LogP contribution < -0.4 is 10.6 Å². The van der Waals surface area contributed by atoms with Gasteiger partial charge in [0.1, 0.15) is 5.54 Å². The first-order valence-corrected chi connectivity index (χ1v) is 11.3. The summed E-state index contributed by atoms with van der Waals surface area (Å²) in [6, 6.07) is 12.2. The van der Waals surface area contributed by atoms with Gasteiger partial charge in [0.15, 0.2) is 0 Å². The average Bonchev–Trinajstić information content (AvgIpc) is 3.30. The zero-order valence-electron chi connectivity index (χ0n) is 16.5. The zero-order valence-corrected chi connectivity index (χ0v) is 18.9. The molecule has 1 aliphatic carbocycles. The number of amides is 1. The minimum atomic E-state index is -0.653. The molecule has 28 heavy (non-hydrogen) atoms. The van der Waals surface area contributed by atoms with Gasteiger partial charge in [-0.15, -0.1) is 11.3 Å². The number of hydrogen-bond donors (Lipinski definition) is 2. The fourth-order valence-corrected chi connectivity index (χ4v) is 4.57. The van der Waals surface area contributed by atoms with E-state index in [1.54, 1.807) is 11.3 Å². The van der Waals surface area contributed by atoms with Crippen LogP contribution in [0.15, 0.2) is 40.2 Å². The van der Waals surface area contributed by atoms with Crippen molar-refractivity contribution < 1.29 is 4.79 Å². The number of carbonyl (C=O) groups excluding carboxylic acids is 1. The molecular formula is C22H26BrN3OS. The van der Waals surface area contributed by atoms with Crippen LogP contribution in [0.1, 0.15) is 55.2 Å². The van der Waals surface area contributed by atoms with E-state index in [4.69, 9.17) is 0 Å². The number of hydrogen-bond acceptors (Lipinski definition) is 4. The van der Waals surface area contributed by atoms with Gasteiger partial charge in [-0.25, -0.2) is 0 Å². The lowest BCUT2D eigenvalue weighted by Crippen LogP contribution is -2.50. The van der Waals surface area contributed by atoms with Crippen LogP contribution in [0.2, 0.25) is 0 Å². The highest BCUT2D eigenvalue weighted by atomic mass is 79.9. The van der Waals surface area contributed by atoms with Crippen molar-refractivity contribution in [3.63, 3.8) is 0 Å². The predicted molar refractivity (Wildman–Crippen MR) is 117 cm³/mol. The number of nitriles is 1. The number of halogens is 1. The molecule has 1 amide bonds. The third-order valence-electron chi connectivity index (χ3n) is 5.09. The number of benzene rings is 1. The molecule has 1 heterocycles. The second kappa shape index (κ2) is 8.77. The van der Waals surface area contributed by atoms with Crippen LogP contribution in [0.25, 0.3) is 0 Å². The number of thiophene rings is 1. The summed E-state index contributed by atoms with van der Waals surface area (Å²) in [7, 11) is 0. The summed E-state index contributed by atoms with van der Waals surface area (Å²) in [5.74, 6) is 0.277. The summed E-state index contributed by atoms with van der Waals surface area (Å²) < 4.78 is 1.03. The van der Waals surface area contributed by atoms with Crippen molar-refractivity contribution in [3.05, 3.63) is 56.2 Å². The second-order valence-electron chi connectivity index (χ2n) is 7.98. The van der Waals surface area contributed by atoms with Gasteiger partial charge in [-0.05, 0) is 66.8 Å². The molecule has 0 bridgehead atoms. The summed E-state index contributed by atoms with van der Waals surface area (Å²) in [4.78, 5) is 14.3. The smallest absolute Gasteiger partial charge is 0.238 e. The molecule has 0 spiro atoms. The van der Waals surface area contributed by atoms with E-state index in [1.807, 2.05) is 12.1 Å². The van der Waals surface area contributed by atoms with Gasteiger partial charge in [-0.3, -0.25) is 10.1 Å². The standard InChI is InChI=1S/C22H26BrN3OS/c1-14(2)12-18(21(27)26-22(13-24)9-10-22)25-19(20-15(3)8-11-28-20)16-4-6-17(23)7-5-16/h4-8,11,14,18-19,25H,9-10,12H2,1-3H3,(H,26,27)/t18-,19-/m0/s1. The van der Waals surface area contributed by atoms with Crippen LogP contribution in [0.4, 0.5) is 0 Å². The van der Waals surface area contributed by atoms with E-state index in [0.717, 1.165) is 22.9 Å². The van der Waals surface area contributed by atoms with Crippen molar-refractivity contribution in [1.29, 1.82) is 5.26 Å². The van der Waals surface area contributed by atoms with Crippen LogP contribution in [-0.4, -0.2) is 17.5 Å². The summed E-state index contributed by atoms with van der Waals surface area (Å²) in [6.45, 7) is 6.33. The Kier molecular flexibility index (Phi) is 6.59. The van der Waals surface area contributed by atoms with Gasteiger partial charge in [0.05, 0.1) is 18.2 Å². The van der Waals surface area contributed by atoms with Gasteiger partial charge >= 0.3 is 0 Å². The lowest BCUT2D eigenvalue weighted by Gasteiger charge is -2.27. The quantitative estimate of drug-likeness (QED) is 0.577. The molecule has 2 atom stereocenters. The summed E-state index contributed by atoms with van der Waals surface area (Å²) >= 11 is 5.20. The second-order valence-corrected chi connectivity index (χ2v) is 9.85. The van der Waals surface area contributed by atoms with Crippen LogP contribution >= 0.6 is 27.3 Å². The molecule has 2 aromatic rings. The molecule has 1 saturated carbocycles. The summed E-state index contributed by atoms with van der Waals surface area (Å²) in [5.41, 5.74) is 1.68. The van der Waals surface area contributed by atoms with Crippen molar-refractivity contribution in [2.45, 2.75) is 57.7 Å². The monoisotopic (exact) mass is 459 g/mol. The van der Waals surface area contributed by atoms with Crippen molar-refractivity contribution in [2.75, 3.05) is 0 Å². The van der Waals surface area contributed by atoms with Gasteiger partial charge in [0.2, 0.25) is 5.91 Å². The maximum atomic E-state index is 13.0. The molecule has 1 fully saturated rings. The number of aryl methyl sites for hydroxylation is 1. The Morgan fingerprint density at radius 3 is 2.46 bits per heavy atom. The molecule has 0 radical (unpaired) electrons. The van der Waals surface area contributed by atoms with Crippen molar-refractivity contribution in [3.8, 4) is 6.07 Å². The third-order valence-corrected chi connectivity index (χ3v) is 6.70. The SMILES string of the molecule is Cc1ccsc1[C@@H](N[C@@H](CC(C)C)C(=O)NC1(C#N)CC1)c1ccc(Br)cc1. The van der Waals surface area contributed by atoms with E-state index in [0.29, 0.717) is 12.3 Å². The molecule has 0 unspecified atom stereocenters. The lowest BCUT2D eigenvalue weighted by atomic mass is 9.97. The molecule has 1 aliphatic rings. The van der Waals surface area contributed by atoms with Gasteiger partial charge in [0, 0.05) is 9.35 Å². The topological polar surface area (TPSA) is 64.9 Å². The fourth-order valence-electron chi connectivity index (χ4n) is 3.29. The molecule has 6 heteroatoms. The van der Waals surface area contributed by atoms with E-state index in [9.17, 15) is 10.1 Å². The van der Waals surface area contributed by atoms with Crippen LogP contribution in [0.5, 0.6) is 0 Å². The summed E-state index contributed by atoms with van der Waals surface area (Å²) in [5, 5.41) is 18.0. The van der Waals surface area contributed by atoms with Gasteiger partial charge < -0.3 is 5.32 Å². The van der Waals surface area contributed by atoms with E-state index >= 15 is 0 Å². The highest BCUT2D eigenvalue weighted by Crippen LogP contribution is 2.35. The lowest BCUT2D eigenvalue weighted by molar-refractivity contribution is -0.124. The molecule has 1 aromatic heterocycles. The molecular weight excluding hydrogens is 434 g/mol. The number of rotatable bonds is 8. The fraction of sp³-hybridized carbons (Fsp3) is 0.455. The molecule has 4 nitrogen and oxygen atoms in total. The van der Waals surface area contributed by atoms with Crippen LogP contribution in [-0.2, 0) is 4.79 Å².